The van der Waals surface area contributed by atoms with Gasteiger partial charge in [-0.05, 0) is 44.2 Å². The fourth-order valence-corrected chi connectivity index (χ4v) is 4.14. The van der Waals surface area contributed by atoms with Gasteiger partial charge in [-0.1, -0.05) is 35.9 Å². The van der Waals surface area contributed by atoms with Crippen LogP contribution in [0.1, 0.15) is 18.1 Å². The highest BCUT2D eigenvalue weighted by molar-refractivity contribution is 7.92. The molecule has 0 spiro atoms. The van der Waals surface area contributed by atoms with Crippen LogP contribution in [0.4, 0.5) is 5.82 Å². The van der Waals surface area contributed by atoms with Crippen LogP contribution >= 0.6 is 0 Å². The molecule has 174 valence electrons. The predicted octanol–water partition coefficient (Wildman–Crippen LogP) is 4.63. The van der Waals surface area contributed by atoms with Crippen LogP contribution in [0.2, 0.25) is 0 Å². The van der Waals surface area contributed by atoms with E-state index in [1.54, 1.807) is 30.6 Å². The number of nitrogens with zero attached hydrogens (tertiary/aromatic N) is 3. The molecule has 2 heterocycles. The van der Waals surface area contributed by atoms with Gasteiger partial charge in [-0.2, -0.15) is 0 Å². The predicted molar refractivity (Wildman–Crippen MR) is 129 cm³/mol. The van der Waals surface area contributed by atoms with Gasteiger partial charge in [0.1, 0.15) is 12.4 Å². The van der Waals surface area contributed by atoms with E-state index in [2.05, 4.69) is 19.7 Å². The first-order chi connectivity index (χ1) is 16.4. The highest BCUT2D eigenvalue weighted by Crippen LogP contribution is 2.29. The number of hydrogen-bond donors (Lipinski definition) is 1. The zero-order chi connectivity index (χ0) is 24.0. The largest absolute Gasteiger partial charge is 0.494 e. The summed E-state index contributed by atoms with van der Waals surface area (Å²) in [7, 11) is -3.89. The van der Waals surface area contributed by atoms with Crippen molar-refractivity contribution in [2.45, 2.75) is 25.3 Å². The zero-order valence-electron chi connectivity index (χ0n) is 18.8. The number of nitrogens with one attached hydrogen (secondary N) is 1. The summed E-state index contributed by atoms with van der Waals surface area (Å²) < 4.78 is 39.9. The van der Waals surface area contributed by atoms with Gasteiger partial charge < -0.3 is 9.47 Å². The lowest BCUT2D eigenvalue weighted by atomic mass is 10.1. The summed E-state index contributed by atoms with van der Waals surface area (Å²) >= 11 is 0. The van der Waals surface area contributed by atoms with Crippen molar-refractivity contribution in [1.29, 1.82) is 0 Å². The molecule has 1 N–H and O–H groups in total. The summed E-state index contributed by atoms with van der Waals surface area (Å²) in [6, 6.07) is 17.6. The molecule has 0 atom stereocenters. The number of hydrogen-bond acceptors (Lipinski definition) is 7. The standard InChI is InChI=1S/C25H24N4O4S/c1-3-32-21-8-4-7-20(14-21)23-16-27-24(25(28-23)33-17-19-6-5-13-26-15-19)29-34(30,31)22-11-9-18(2)10-12-22/h4-16H,3,17H2,1-2H3,(H,27,29). The molecule has 2 aromatic carbocycles. The first kappa shape index (κ1) is 23.2. The highest BCUT2D eigenvalue weighted by Gasteiger charge is 2.20. The van der Waals surface area contributed by atoms with Gasteiger partial charge in [-0.3, -0.25) is 9.71 Å². The van der Waals surface area contributed by atoms with Gasteiger partial charge in [0.25, 0.3) is 15.9 Å². The van der Waals surface area contributed by atoms with Gasteiger partial charge in [-0.15, -0.1) is 0 Å². The number of benzene rings is 2. The van der Waals surface area contributed by atoms with Gasteiger partial charge >= 0.3 is 0 Å². The average molecular weight is 477 g/mol. The molecule has 0 aliphatic rings. The number of aryl methyl sites for hydroxylation is 1. The maximum Gasteiger partial charge on any atom is 0.263 e. The van der Waals surface area contributed by atoms with E-state index >= 15 is 0 Å². The summed E-state index contributed by atoms with van der Waals surface area (Å²) in [5, 5.41) is 0. The van der Waals surface area contributed by atoms with Crippen molar-refractivity contribution in [1.82, 2.24) is 15.0 Å². The Morgan fingerprint density at radius 1 is 0.971 bits per heavy atom. The SMILES string of the molecule is CCOc1cccc(-c2cnc(NS(=O)(=O)c3ccc(C)cc3)c(OCc3cccnc3)n2)c1. The minimum atomic E-state index is -3.89. The second kappa shape index (κ2) is 10.3. The Bertz CT molecular complexity index is 1360. The second-order valence-electron chi connectivity index (χ2n) is 7.44. The third-order valence-electron chi connectivity index (χ3n) is 4.84. The quantitative estimate of drug-likeness (QED) is 0.376. The van der Waals surface area contributed by atoms with Crippen LogP contribution in [0, 0.1) is 6.92 Å². The minimum Gasteiger partial charge on any atom is -0.494 e. The van der Waals surface area contributed by atoms with Crippen molar-refractivity contribution in [3.63, 3.8) is 0 Å². The van der Waals surface area contributed by atoms with Gasteiger partial charge in [0, 0.05) is 23.5 Å². The smallest absolute Gasteiger partial charge is 0.263 e. The van der Waals surface area contributed by atoms with Gasteiger partial charge in [0.2, 0.25) is 5.82 Å². The number of rotatable bonds is 9. The van der Waals surface area contributed by atoms with E-state index in [1.807, 2.05) is 44.2 Å². The van der Waals surface area contributed by atoms with E-state index in [4.69, 9.17) is 9.47 Å². The molecule has 4 rings (SSSR count). The number of aromatic nitrogens is 3. The third kappa shape index (κ3) is 5.68. The molecule has 0 amide bonds. The summed E-state index contributed by atoms with van der Waals surface area (Å²) in [6.07, 6.45) is 4.82. The lowest BCUT2D eigenvalue weighted by Crippen LogP contribution is -2.15. The minimum absolute atomic E-state index is 0.00539. The fourth-order valence-electron chi connectivity index (χ4n) is 3.13. The van der Waals surface area contributed by atoms with E-state index in [-0.39, 0.29) is 23.2 Å². The van der Waals surface area contributed by atoms with Gasteiger partial charge in [0.05, 0.1) is 23.4 Å². The Hall–Kier alpha value is -3.98. The Morgan fingerprint density at radius 3 is 2.53 bits per heavy atom. The Morgan fingerprint density at radius 2 is 1.79 bits per heavy atom. The molecule has 4 aromatic rings. The van der Waals surface area contributed by atoms with Crippen molar-refractivity contribution in [3.8, 4) is 22.9 Å². The summed E-state index contributed by atoms with van der Waals surface area (Å²) in [5.41, 5.74) is 3.04. The number of pyridine rings is 1. The van der Waals surface area contributed by atoms with Crippen molar-refractivity contribution in [2.24, 2.45) is 0 Å². The monoisotopic (exact) mass is 476 g/mol. The first-order valence-corrected chi connectivity index (χ1v) is 12.1. The zero-order valence-corrected chi connectivity index (χ0v) is 19.6. The van der Waals surface area contributed by atoms with Crippen molar-refractivity contribution in [2.75, 3.05) is 11.3 Å². The molecule has 9 heteroatoms. The number of ether oxygens (including phenoxy) is 2. The first-order valence-electron chi connectivity index (χ1n) is 10.7. The van der Waals surface area contributed by atoms with E-state index in [1.165, 1.54) is 18.3 Å². The van der Waals surface area contributed by atoms with Gasteiger partial charge in [0.15, 0.2) is 0 Å². The molecule has 0 fully saturated rings. The van der Waals surface area contributed by atoms with Crippen LogP contribution in [-0.2, 0) is 16.6 Å². The topological polar surface area (TPSA) is 103 Å². The maximum atomic E-state index is 12.9. The van der Waals surface area contributed by atoms with E-state index in [0.29, 0.717) is 18.1 Å². The normalized spacial score (nSPS) is 11.1. The third-order valence-corrected chi connectivity index (χ3v) is 6.20. The summed E-state index contributed by atoms with van der Waals surface area (Å²) in [5.74, 6) is 0.747. The molecular formula is C25H24N4O4S. The van der Waals surface area contributed by atoms with Crippen LogP contribution in [0.15, 0.2) is 84.1 Å². The number of sulfonamides is 1. The molecule has 0 aliphatic heterocycles. The summed E-state index contributed by atoms with van der Waals surface area (Å²) in [6.45, 7) is 4.48. The Balaban J connectivity index is 1.68. The molecular weight excluding hydrogens is 452 g/mol. The molecule has 0 unspecified atom stereocenters. The molecule has 0 saturated carbocycles. The lowest BCUT2D eigenvalue weighted by Gasteiger charge is -2.14. The fraction of sp³-hybridized carbons (Fsp3) is 0.160. The van der Waals surface area contributed by atoms with Crippen molar-refractivity contribution < 1.29 is 17.9 Å². The Labute approximate surface area is 198 Å². The lowest BCUT2D eigenvalue weighted by molar-refractivity contribution is 0.294. The maximum absolute atomic E-state index is 12.9. The van der Waals surface area contributed by atoms with Crippen LogP contribution in [0.25, 0.3) is 11.3 Å². The molecule has 34 heavy (non-hydrogen) atoms. The van der Waals surface area contributed by atoms with Crippen LogP contribution in [-0.4, -0.2) is 30.0 Å². The average Bonchev–Trinajstić information content (AvgIpc) is 2.84. The molecule has 0 bridgehead atoms. The molecule has 2 aromatic heterocycles. The van der Waals surface area contributed by atoms with Crippen LogP contribution in [0.3, 0.4) is 0 Å². The second-order valence-corrected chi connectivity index (χ2v) is 9.12. The van der Waals surface area contributed by atoms with E-state index < -0.39 is 10.0 Å². The van der Waals surface area contributed by atoms with Crippen molar-refractivity contribution in [3.05, 3.63) is 90.4 Å². The summed E-state index contributed by atoms with van der Waals surface area (Å²) in [4.78, 5) is 13.1. The molecule has 0 radical (unpaired) electrons. The van der Waals surface area contributed by atoms with Gasteiger partial charge in [-0.25, -0.2) is 18.4 Å². The Kier molecular flexibility index (Phi) is 7.03. The van der Waals surface area contributed by atoms with Crippen LogP contribution in [0.5, 0.6) is 11.6 Å². The molecule has 0 saturated heterocycles. The van der Waals surface area contributed by atoms with Crippen molar-refractivity contribution >= 4 is 15.8 Å². The highest BCUT2D eigenvalue weighted by atomic mass is 32.2. The molecule has 8 nitrogen and oxygen atoms in total. The number of anilines is 1. The molecule has 0 aliphatic carbocycles. The van der Waals surface area contributed by atoms with Crippen LogP contribution < -0.4 is 14.2 Å². The van der Waals surface area contributed by atoms with E-state index in [0.717, 1.165) is 16.7 Å². The van der Waals surface area contributed by atoms with E-state index in [9.17, 15) is 8.42 Å².